The molecule has 19 heavy (non-hydrogen) atoms. The fourth-order valence-electron chi connectivity index (χ4n) is 2.47. The Bertz CT molecular complexity index is 584. The minimum Gasteiger partial charge on any atom is -0.361 e. The van der Waals surface area contributed by atoms with Gasteiger partial charge in [-0.3, -0.25) is 4.79 Å². The molecule has 1 saturated carbocycles. The van der Waals surface area contributed by atoms with Gasteiger partial charge in [0.15, 0.2) is 0 Å². The van der Waals surface area contributed by atoms with Gasteiger partial charge in [0.1, 0.15) is 11.3 Å². The van der Waals surface area contributed by atoms with Gasteiger partial charge in [-0.1, -0.05) is 35.5 Å². The molecule has 1 N–H and O–H groups in total. The molecule has 0 aliphatic heterocycles. The van der Waals surface area contributed by atoms with Crippen LogP contribution < -0.4 is 5.32 Å². The number of nitrogens with zero attached hydrogens (tertiary/aromatic N) is 1. The summed E-state index contributed by atoms with van der Waals surface area (Å²) >= 11 is 0. The normalized spacial score (nSPS) is 21.2. The van der Waals surface area contributed by atoms with Gasteiger partial charge in [0.2, 0.25) is 0 Å². The van der Waals surface area contributed by atoms with Gasteiger partial charge in [0.05, 0.1) is 5.69 Å². The van der Waals surface area contributed by atoms with Crippen LogP contribution in [-0.2, 0) is 0 Å². The Labute approximate surface area is 111 Å². The lowest BCUT2D eigenvalue weighted by molar-refractivity contribution is 0.0948. The Morgan fingerprint density at radius 2 is 2.05 bits per heavy atom. The van der Waals surface area contributed by atoms with Crippen molar-refractivity contribution in [3.63, 3.8) is 0 Å². The van der Waals surface area contributed by atoms with Crippen LogP contribution in [0, 0.1) is 13.8 Å². The third-order valence-electron chi connectivity index (χ3n) is 3.60. The number of nitrogens with one attached hydrogen (secondary N) is 1. The monoisotopic (exact) mass is 256 g/mol. The van der Waals surface area contributed by atoms with Crippen molar-refractivity contribution in [2.75, 3.05) is 0 Å². The molecule has 0 radical (unpaired) electrons. The quantitative estimate of drug-likeness (QED) is 0.918. The van der Waals surface area contributed by atoms with Crippen molar-refractivity contribution in [1.29, 1.82) is 0 Å². The van der Waals surface area contributed by atoms with E-state index in [0.29, 0.717) is 22.9 Å². The predicted octanol–water partition coefficient (Wildman–Crippen LogP) is 2.58. The number of benzene rings is 1. The number of carbonyl (C=O) groups is 1. The van der Waals surface area contributed by atoms with Crippen molar-refractivity contribution in [2.45, 2.75) is 32.2 Å². The van der Waals surface area contributed by atoms with Crippen LogP contribution >= 0.6 is 0 Å². The third-order valence-corrected chi connectivity index (χ3v) is 3.60. The highest BCUT2D eigenvalue weighted by Crippen LogP contribution is 2.40. The smallest absolute Gasteiger partial charge is 0.257 e. The first kappa shape index (κ1) is 12.0. The number of hydrogen-bond acceptors (Lipinski definition) is 3. The number of aromatic nitrogens is 1. The van der Waals surface area contributed by atoms with E-state index in [1.54, 1.807) is 13.8 Å². The lowest BCUT2D eigenvalue weighted by Gasteiger charge is -2.04. The summed E-state index contributed by atoms with van der Waals surface area (Å²) in [6, 6.07) is 10.5. The van der Waals surface area contributed by atoms with Crippen LogP contribution in [-0.4, -0.2) is 17.1 Å². The summed E-state index contributed by atoms with van der Waals surface area (Å²) in [6.45, 7) is 3.55. The minimum absolute atomic E-state index is 0.0836. The van der Waals surface area contributed by atoms with E-state index in [0.717, 1.165) is 6.42 Å². The molecular formula is C15H16N2O2. The molecule has 1 aliphatic carbocycles. The summed E-state index contributed by atoms with van der Waals surface area (Å²) in [5.74, 6) is 0.928. The summed E-state index contributed by atoms with van der Waals surface area (Å²) in [6.07, 6.45) is 0.999. The Hall–Kier alpha value is -2.10. The summed E-state index contributed by atoms with van der Waals surface area (Å²) in [5, 5.41) is 6.85. The largest absolute Gasteiger partial charge is 0.361 e. The number of amides is 1. The molecule has 98 valence electrons. The Morgan fingerprint density at radius 3 is 2.68 bits per heavy atom. The molecule has 1 aromatic carbocycles. The molecule has 3 rings (SSSR count). The highest BCUT2D eigenvalue weighted by molar-refractivity contribution is 5.96. The highest BCUT2D eigenvalue weighted by Gasteiger charge is 2.40. The molecule has 0 unspecified atom stereocenters. The fraction of sp³-hybridized carbons (Fsp3) is 0.333. The van der Waals surface area contributed by atoms with Crippen LogP contribution in [0.1, 0.15) is 39.7 Å². The molecule has 1 aliphatic rings. The highest BCUT2D eigenvalue weighted by atomic mass is 16.5. The van der Waals surface area contributed by atoms with Gasteiger partial charge in [0.25, 0.3) is 5.91 Å². The number of carbonyl (C=O) groups excluding carboxylic acids is 1. The molecule has 4 nitrogen and oxygen atoms in total. The van der Waals surface area contributed by atoms with Gasteiger partial charge in [-0.05, 0) is 25.8 Å². The first-order chi connectivity index (χ1) is 9.16. The zero-order valence-corrected chi connectivity index (χ0v) is 11.0. The second kappa shape index (κ2) is 4.53. The van der Waals surface area contributed by atoms with Crippen LogP contribution in [0.4, 0.5) is 0 Å². The van der Waals surface area contributed by atoms with E-state index >= 15 is 0 Å². The SMILES string of the molecule is Cc1noc(C)c1C(=O)N[C@H]1C[C@@H]1c1ccccc1. The van der Waals surface area contributed by atoms with Gasteiger partial charge in [-0.25, -0.2) is 0 Å². The molecule has 4 heteroatoms. The molecule has 1 aromatic heterocycles. The van der Waals surface area contributed by atoms with Crippen LogP contribution in [0.5, 0.6) is 0 Å². The first-order valence-corrected chi connectivity index (χ1v) is 6.45. The maximum atomic E-state index is 12.2. The van der Waals surface area contributed by atoms with Crippen molar-refractivity contribution in [3.05, 3.63) is 52.9 Å². The topological polar surface area (TPSA) is 55.1 Å². The maximum absolute atomic E-state index is 12.2. The van der Waals surface area contributed by atoms with E-state index < -0.39 is 0 Å². The summed E-state index contributed by atoms with van der Waals surface area (Å²) in [7, 11) is 0. The van der Waals surface area contributed by atoms with Crippen molar-refractivity contribution in [3.8, 4) is 0 Å². The van der Waals surface area contributed by atoms with E-state index in [9.17, 15) is 4.79 Å². The molecule has 2 atom stereocenters. The van der Waals surface area contributed by atoms with Gasteiger partial charge in [-0.2, -0.15) is 0 Å². The molecule has 2 aromatic rings. The number of hydrogen-bond donors (Lipinski definition) is 1. The maximum Gasteiger partial charge on any atom is 0.257 e. The second-order valence-electron chi connectivity index (χ2n) is 5.03. The van der Waals surface area contributed by atoms with Crippen LogP contribution in [0.15, 0.2) is 34.9 Å². The molecular weight excluding hydrogens is 240 g/mol. The lowest BCUT2D eigenvalue weighted by atomic mass is 10.1. The van der Waals surface area contributed by atoms with E-state index in [2.05, 4.69) is 22.6 Å². The van der Waals surface area contributed by atoms with E-state index in [1.807, 2.05) is 18.2 Å². The zero-order valence-electron chi connectivity index (χ0n) is 11.0. The van der Waals surface area contributed by atoms with Gasteiger partial charge < -0.3 is 9.84 Å². The number of aryl methyl sites for hydroxylation is 2. The minimum atomic E-state index is -0.0836. The van der Waals surface area contributed by atoms with E-state index in [1.165, 1.54) is 5.56 Å². The van der Waals surface area contributed by atoms with E-state index in [4.69, 9.17) is 4.52 Å². The second-order valence-corrected chi connectivity index (χ2v) is 5.03. The average Bonchev–Trinajstić information content (AvgIpc) is 3.08. The van der Waals surface area contributed by atoms with Gasteiger partial charge in [-0.15, -0.1) is 0 Å². The predicted molar refractivity (Wildman–Crippen MR) is 71.0 cm³/mol. The Balaban J connectivity index is 1.67. The first-order valence-electron chi connectivity index (χ1n) is 6.45. The molecule has 0 saturated heterocycles. The van der Waals surface area contributed by atoms with Gasteiger partial charge in [0, 0.05) is 12.0 Å². The van der Waals surface area contributed by atoms with Crippen molar-refractivity contribution >= 4 is 5.91 Å². The molecule has 0 spiro atoms. The van der Waals surface area contributed by atoms with Gasteiger partial charge >= 0.3 is 0 Å². The number of rotatable bonds is 3. The van der Waals surface area contributed by atoms with Crippen LogP contribution in [0.3, 0.4) is 0 Å². The van der Waals surface area contributed by atoms with Crippen molar-refractivity contribution in [1.82, 2.24) is 10.5 Å². The van der Waals surface area contributed by atoms with Crippen LogP contribution in [0.25, 0.3) is 0 Å². The van der Waals surface area contributed by atoms with Crippen molar-refractivity contribution in [2.24, 2.45) is 0 Å². The van der Waals surface area contributed by atoms with E-state index in [-0.39, 0.29) is 11.9 Å². The molecule has 1 heterocycles. The summed E-state index contributed by atoms with van der Waals surface area (Å²) in [5.41, 5.74) is 2.50. The van der Waals surface area contributed by atoms with Crippen molar-refractivity contribution < 1.29 is 9.32 Å². The Morgan fingerprint density at radius 1 is 1.32 bits per heavy atom. The Kier molecular flexibility index (Phi) is 2.85. The average molecular weight is 256 g/mol. The molecule has 1 amide bonds. The third kappa shape index (κ3) is 2.26. The standard InChI is InChI=1S/C15H16N2O2/c1-9-14(10(2)19-17-9)15(18)16-13-8-12(13)11-6-4-3-5-7-11/h3-7,12-13H,8H2,1-2H3,(H,16,18)/t12-,13+/m1/s1. The lowest BCUT2D eigenvalue weighted by Crippen LogP contribution is -2.27. The summed E-state index contributed by atoms with van der Waals surface area (Å²) in [4.78, 5) is 12.2. The molecule has 1 fully saturated rings. The zero-order chi connectivity index (χ0) is 13.4. The summed E-state index contributed by atoms with van der Waals surface area (Å²) < 4.78 is 5.02. The molecule has 0 bridgehead atoms. The fourth-order valence-corrected chi connectivity index (χ4v) is 2.47. The van der Waals surface area contributed by atoms with Crippen LogP contribution in [0.2, 0.25) is 0 Å².